The maximum atomic E-state index is 13.1. The third-order valence-corrected chi connectivity index (χ3v) is 3.25. The molecular formula is C19H23FNO4+. The Morgan fingerprint density at radius 1 is 1.36 bits per heavy atom. The van der Waals surface area contributed by atoms with Gasteiger partial charge in [-0.2, -0.15) is 4.74 Å². The van der Waals surface area contributed by atoms with Crippen LogP contribution in [0.5, 0.6) is 0 Å². The summed E-state index contributed by atoms with van der Waals surface area (Å²) in [6, 6.07) is 5.17. The lowest BCUT2D eigenvalue weighted by molar-refractivity contribution is 0.0774. The molecule has 2 aromatic rings. The molecule has 1 aromatic carbocycles. The minimum Gasteiger partial charge on any atom is -0.422 e. The highest BCUT2D eigenvalue weighted by atomic mass is 19.1. The van der Waals surface area contributed by atoms with E-state index in [-0.39, 0.29) is 17.8 Å². The fraction of sp³-hybridized carbons (Fsp3) is 0.316. The van der Waals surface area contributed by atoms with E-state index in [0.29, 0.717) is 24.3 Å². The van der Waals surface area contributed by atoms with Crippen LogP contribution in [0.2, 0.25) is 0 Å². The first-order valence-corrected chi connectivity index (χ1v) is 8.10. The minimum absolute atomic E-state index is 0.101. The highest BCUT2D eigenvalue weighted by Crippen LogP contribution is 2.16. The first-order chi connectivity index (χ1) is 12.0. The Hall–Kier alpha value is -2.60. The van der Waals surface area contributed by atoms with Gasteiger partial charge < -0.3 is 10.2 Å². The topological polar surface area (TPSA) is 82.5 Å². The molecule has 1 aromatic heterocycles. The van der Waals surface area contributed by atoms with E-state index < -0.39 is 17.2 Å². The Kier molecular flexibility index (Phi) is 8.43. The fourth-order valence-corrected chi connectivity index (χ4v) is 2.00. The van der Waals surface area contributed by atoms with Gasteiger partial charge in [0.15, 0.2) is 6.61 Å². The standard InChI is InChI=1S/C17H17FNO4.C2H6/c1-11(4-2-3-7-19)22-10-15(20)14-8-12-5-6-13(18)9-16(12)23-17(14)21;1-2/h3,5-9H,2,4,10,19H2,1H3;1-2H3/q+1;/b7-3-;. The zero-order chi connectivity index (χ0) is 18.8. The number of fused-ring (bicyclic) bond motifs is 1. The summed E-state index contributed by atoms with van der Waals surface area (Å²) in [6.07, 6.45) is 5.24. The number of carbonyl (C=O) groups excluding carboxylic acids is 1. The van der Waals surface area contributed by atoms with Crippen LogP contribution in [0.15, 0.2) is 45.8 Å². The van der Waals surface area contributed by atoms with Crippen LogP contribution in [-0.2, 0) is 4.74 Å². The molecular weight excluding hydrogens is 325 g/mol. The van der Waals surface area contributed by atoms with Crippen LogP contribution >= 0.6 is 0 Å². The summed E-state index contributed by atoms with van der Waals surface area (Å²) in [5.74, 6) is -1.00. The normalized spacial score (nSPS) is 10.6. The zero-order valence-corrected chi connectivity index (χ0v) is 14.7. The molecule has 0 bridgehead atoms. The largest absolute Gasteiger partial charge is 0.422 e. The molecule has 0 amide bonds. The van der Waals surface area contributed by atoms with E-state index in [4.69, 9.17) is 14.9 Å². The van der Waals surface area contributed by atoms with Crippen molar-refractivity contribution in [1.29, 1.82) is 0 Å². The molecule has 0 aliphatic heterocycles. The van der Waals surface area contributed by atoms with Gasteiger partial charge in [-0.1, -0.05) is 19.9 Å². The highest BCUT2D eigenvalue weighted by molar-refractivity contribution is 5.99. The number of ether oxygens (including phenoxy) is 1. The number of hydrogen-bond donors (Lipinski definition) is 1. The first kappa shape index (κ1) is 20.4. The summed E-state index contributed by atoms with van der Waals surface area (Å²) in [5, 5.41) is 0.475. The van der Waals surface area contributed by atoms with Crippen molar-refractivity contribution in [2.45, 2.75) is 33.6 Å². The van der Waals surface area contributed by atoms with Gasteiger partial charge in [-0.15, -0.1) is 0 Å². The average Bonchev–Trinajstić information content (AvgIpc) is 2.61. The van der Waals surface area contributed by atoms with Gasteiger partial charge in [-0.05, 0) is 24.4 Å². The lowest BCUT2D eigenvalue weighted by Crippen LogP contribution is -2.19. The third kappa shape index (κ3) is 6.08. The van der Waals surface area contributed by atoms with Crippen molar-refractivity contribution in [2.75, 3.05) is 6.61 Å². The second-order valence-corrected chi connectivity index (χ2v) is 5.01. The number of allylic oxidation sites excluding steroid dienone is 1. The SMILES string of the molecule is CC.C[C+](CC/C=C\N)OCC(=O)c1cc2ccc(F)cc2oc1=O. The van der Waals surface area contributed by atoms with Gasteiger partial charge >= 0.3 is 5.63 Å². The monoisotopic (exact) mass is 348 g/mol. The molecule has 1 heterocycles. The summed E-state index contributed by atoms with van der Waals surface area (Å²) in [7, 11) is 0. The number of carbonyl (C=O) groups is 1. The van der Waals surface area contributed by atoms with Gasteiger partial charge in [0.05, 0.1) is 0 Å². The summed E-state index contributed by atoms with van der Waals surface area (Å²) >= 11 is 0. The Labute approximate surface area is 146 Å². The van der Waals surface area contributed by atoms with Gasteiger partial charge in [0.25, 0.3) is 0 Å². The summed E-state index contributed by atoms with van der Waals surface area (Å²) in [4.78, 5) is 24.0. The minimum atomic E-state index is -0.805. The molecule has 0 saturated carbocycles. The second-order valence-electron chi connectivity index (χ2n) is 5.01. The van der Waals surface area contributed by atoms with Crippen molar-refractivity contribution in [3.05, 3.63) is 64.4 Å². The molecule has 6 heteroatoms. The van der Waals surface area contributed by atoms with E-state index in [1.807, 2.05) is 13.8 Å². The summed E-state index contributed by atoms with van der Waals surface area (Å²) < 4.78 is 23.4. The van der Waals surface area contributed by atoms with Gasteiger partial charge in [0.2, 0.25) is 11.9 Å². The third-order valence-electron chi connectivity index (χ3n) is 3.25. The van der Waals surface area contributed by atoms with Gasteiger partial charge in [-0.25, -0.2) is 9.18 Å². The maximum Gasteiger partial charge on any atom is 0.347 e. The zero-order valence-electron chi connectivity index (χ0n) is 14.7. The lowest BCUT2D eigenvalue weighted by atomic mass is 10.1. The number of hydrogen-bond acceptors (Lipinski definition) is 5. The van der Waals surface area contributed by atoms with E-state index in [9.17, 15) is 14.0 Å². The van der Waals surface area contributed by atoms with Crippen LogP contribution in [0.25, 0.3) is 11.0 Å². The smallest absolute Gasteiger partial charge is 0.347 e. The quantitative estimate of drug-likeness (QED) is 0.465. The Bertz CT molecular complexity index is 783. The van der Waals surface area contributed by atoms with Crippen LogP contribution in [0.3, 0.4) is 0 Å². The summed E-state index contributed by atoms with van der Waals surface area (Å²) in [5.41, 5.74) is 4.41. The molecule has 0 saturated heterocycles. The van der Waals surface area contributed by atoms with E-state index in [1.165, 1.54) is 24.4 Å². The molecule has 0 aliphatic rings. The summed E-state index contributed by atoms with van der Waals surface area (Å²) in [6.45, 7) is 5.50. The van der Waals surface area contributed by atoms with Crippen LogP contribution in [0.4, 0.5) is 4.39 Å². The van der Waals surface area contributed by atoms with Gasteiger partial charge in [-0.3, -0.25) is 4.79 Å². The number of benzene rings is 1. The molecule has 0 fully saturated rings. The van der Waals surface area contributed by atoms with E-state index >= 15 is 0 Å². The Balaban J connectivity index is 0.00000151. The number of nitrogens with two attached hydrogens (primary N) is 1. The van der Waals surface area contributed by atoms with Crippen LogP contribution in [-0.4, -0.2) is 12.4 Å². The Morgan fingerprint density at radius 2 is 2.08 bits per heavy atom. The molecule has 0 radical (unpaired) electrons. The van der Waals surface area contributed by atoms with E-state index in [1.54, 1.807) is 13.0 Å². The maximum absolute atomic E-state index is 13.1. The predicted molar refractivity (Wildman–Crippen MR) is 95.6 cm³/mol. The number of ketones is 1. The van der Waals surface area contributed by atoms with E-state index in [0.717, 1.165) is 6.07 Å². The number of halogens is 1. The predicted octanol–water partition coefficient (Wildman–Crippen LogP) is 3.96. The van der Waals surface area contributed by atoms with E-state index in [2.05, 4.69) is 0 Å². The van der Waals surface area contributed by atoms with Crippen LogP contribution in [0.1, 0.15) is 44.0 Å². The molecule has 2 N–H and O–H groups in total. The van der Waals surface area contributed by atoms with Crippen molar-refractivity contribution in [1.82, 2.24) is 0 Å². The van der Waals surface area contributed by atoms with Crippen molar-refractivity contribution in [3.8, 4) is 0 Å². The molecule has 5 nitrogen and oxygen atoms in total. The van der Waals surface area contributed by atoms with Crippen molar-refractivity contribution < 1.29 is 18.3 Å². The number of rotatable bonds is 7. The number of Topliss-reactive ketones (excluding diaryl/α,β-unsaturated/α-hetero) is 1. The molecule has 134 valence electrons. The molecule has 25 heavy (non-hydrogen) atoms. The van der Waals surface area contributed by atoms with Crippen molar-refractivity contribution >= 4 is 16.8 Å². The van der Waals surface area contributed by atoms with Gasteiger partial charge in [0.1, 0.15) is 30.3 Å². The highest BCUT2D eigenvalue weighted by Gasteiger charge is 2.20. The van der Waals surface area contributed by atoms with Crippen LogP contribution in [0, 0.1) is 11.9 Å². The fourth-order valence-electron chi connectivity index (χ4n) is 2.00. The average molecular weight is 348 g/mol. The molecule has 2 rings (SSSR count). The molecule has 0 unspecified atom stereocenters. The molecule has 0 atom stereocenters. The Morgan fingerprint density at radius 3 is 2.76 bits per heavy atom. The first-order valence-electron chi connectivity index (χ1n) is 8.10. The van der Waals surface area contributed by atoms with Gasteiger partial charge in [0, 0.05) is 17.9 Å². The molecule has 0 spiro atoms. The molecule has 0 aliphatic carbocycles. The second kappa shape index (κ2) is 10.3. The lowest BCUT2D eigenvalue weighted by Gasteiger charge is -2.02. The van der Waals surface area contributed by atoms with Crippen molar-refractivity contribution in [3.63, 3.8) is 0 Å². The van der Waals surface area contributed by atoms with Crippen molar-refractivity contribution in [2.24, 2.45) is 5.73 Å². The van der Waals surface area contributed by atoms with Crippen LogP contribution < -0.4 is 11.4 Å².